The highest BCUT2D eigenvalue weighted by Gasteiger charge is 2.25. The Hall–Kier alpha value is -3.67. The molecule has 0 unspecified atom stereocenters. The van der Waals surface area contributed by atoms with Crippen molar-refractivity contribution in [3.8, 4) is 5.75 Å². The van der Waals surface area contributed by atoms with Crippen LogP contribution in [-0.2, 0) is 4.74 Å². The Bertz CT molecular complexity index is 1270. The zero-order valence-electron chi connectivity index (χ0n) is 16.4. The Morgan fingerprint density at radius 3 is 2.66 bits per heavy atom. The fourth-order valence-electron chi connectivity index (χ4n) is 3.45. The van der Waals surface area contributed by atoms with E-state index in [1.54, 1.807) is 26.0 Å². The van der Waals surface area contributed by atoms with Gasteiger partial charge in [-0.25, -0.2) is 14.8 Å². The van der Waals surface area contributed by atoms with E-state index in [9.17, 15) is 9.90 Å². The number of phenols is 1. The van der Waals surface area contributed by atoms with E-state index < -0.39 is 5.97 Å². The average molecular weight is 388 g/mol. The van der Waals surface area contributed by atoms with Crippen LogP contribution in [0, 0.1) is 13.8 Å². The summed E-state index contributed by atoms with van der Waals surface area (Å²) in [6, 6.07) is 12.8. The van der Waals surface area contributed by atoms with Crippen molar-refractivity contribution in [3.05, 3.63) is 65.0 Å². The number of aryl methyl sites for hydroxylation is 2. The van der Waals surface area contributed by atoms with E-state index in [0.717, 1.165) is 5.69 Å². The van der Waals surface area contributed by atoms with Crippen LogP contribution in [0.1, 0.15) is 34.3 Å². The number of aromatic hydroxyl groups is 1. The molecule has 0 atom stereocenters. The van der Waals surface area contributed by atoms with Gasteiger partial charge in [-0.05, 0) is 32.9 Å². The molecule has 0 aliphatic carbocycles. The van der Waals surface area contributed by atoms with Crippen LogP contribution in [0.5, 0.6) is 5.75 Å². The molecule has 1 N–H and O–H groups in total. The molecule has 0 bridgehead atoms. The van der Waals surface area contributed by atoms with Crippen molar-refractivity contribution in [2.75, 3.05) is 6.61 Å². The molecule has 4 aromatic rings. The summed E-state index contributed by atoms with van der Waals surface area (Å²) in [5.41, 5.74) is 2.03. The van der Waals surface area contributed by atoms with E-state index in [-0.39, 0.29) is 12.4 Å². The first-order valence-electron chi connectivity index (χ1n) is 9.32. The van der Waals surface area contributed by atoms with Crippen molar-refractivity contribution in [1.29, 1.82) is 0 Å². The van der Waals surface area contributed by atoms with Gasteiger partial charge in [-0.3, -0.25) is 0 Å². The number of hydrogen-bond donors (Lipinski definition) is 1. The third-order valence-electron chi connectivity index (χ3n) is 4.71. The summed E-state index contributed by atoms with van der Waals surface area (Å²) < 4.78 is 11.2. The van der Waals surface area contributed by atoms with Crippen molar-refractivity contribution in [2.24, 2.45) is 4.99 Å². The normalized spacial score (nSPS) is 11.6. The van der Waals surface area contributed by atoms with Gasteiger partial charge in [0.25, 0.3) is 0 Å². The van der Waals surface area contributed by atoms with Gasteiger partial charge in [0.2, 0.25) is 0 Å². The standard InChI is InChI=1S/C23H20N2O4/c1-4-28-23(27)19-14(3)29-22-16-10-6-5-9-15(16)21(26)17(20(19)22)12-24-18-11-7-8-13(2)25-18/h5-12,26H,4H2,1-3H3/b24-12+. The quantitative estimate of drug-likeness (QED) is 0.382. The van der Waals surface area contributed by atoms with Crippen molar-refractivity contribution in [3.63, 3.8) is 0 Å². The first-order chi connectivity index (χ1) is 14.0. The van der Waals surface area contributed by atoms with Crippen LogP contribution >= 0.6 is 0 Å². The first-order valence-corrected chi connectivity index (χ1v) is 9.32. The molecule has 0 saturated heterocycles. The summed E-state index contributed by atoms with van der Waals surface area (Å²) in [4.78, 5) is 21.4. The highest BCUT2D eigenvalue weighted by molar-refractivity contribution is 6.21. The number of ether oxygens (including phenoxy) is 1. The highest BCUT2D eigenvalue weighted by atomic mass is 16.5. The molecule has 0 radical (unpaired) electrons. The van der Waals surface area contributed by atoms with Crippen LogP contribution in [0.15, 0.2) is 51.9 Å². The number of nitrogens with zero attached hydrogens (tertiary/aromatic N) is 2. The molecule has 0 amide bonds. The third kappa shape index (κ3) is 3.23. The second kappa shape index (κ2) is 7.39. The number of hydrogen-bond acceptors (Lipinski definition) is 6. The minimum absolute atomic E-state index is 0.0239. The van der Waals surface area contributed by atoms with Gasteiger partial charge in [0.05, 0.1) is 6.61 Å². The van der Waals surface area contributed by atoms with E-state index in [2.05, 4.69) is 9.98 Å². The van der Waals surface area contributed by atoms with Crippen molar-refractivity contribution < 1.29 is 19.1 Å². The average Bonchev–Trinajstić information content (AvgIpc) is 3.05. The second-order valence-electron chi connectivity index (χ2n) is 6.66. The lowest BCUT2D eigenvalue weighted by molar-refractivity contribution is 0.0526. The van der Waals surface area contributed by atoms with Crippen LogP contribution < -0.4 is 0 Å². The summed E-state index contributed by atoms with van der Waals surface area (Å²) >= 11 is 0. The maximum Gasteiger partial charge on any atom is 0.342 e. The number of pyridine rings is 1. The molecular formula is C23H20N2O4. The van der Waals surface area contributed by atoms with Crippen molar-refractivity contribution in [2.45, 2.75) is 20.8 Å². The number of rotatable bonds is 4. The lowest BCUT2D eigenvalue weighted by Gasteiger charge is -2.08. The molecule has 0 fully saturated rings. The van der Waals surface area contributed by atoms with Gasteiger partial charge in [0.15, 0.2) is 5.82 Å². The smallest absolute Gasteiger partial charge is 0.342 e. The molecule has 6 heteroatoms. The molecule has 0 saturated carbocycles. The predicted octanol–water partition coefficient (Wildman–Crippen LogP) is 5.23. The Morgan fingerprint density at radius 1 is 1.17 bits per heavy atom. The molecule has 4 rings (SSSR count). The zero-order chi connectivity index (χ0) is 20.5. The van der Waals surface area contributed by atoms with Gasteiger partial charge in [0.1, 0.15) is 22.7 Å². The molecule has 2 heterocycles. The highest BCUT2D eigenvalue weighted by Crippen LogP contribution is 2.40. The lowest BCUT2D eigenvalue weighted by atomic mass is 9.98. The fourth-order valence-corrected chi connectivity index (χ4v) is 3.45. The molecule has 0 aliphatic rings. The number of carbonyl (C=O) groups is 1. The lowest BCUT2D eigenvalue weighted by Crippen LogP contribution is -2.06. The van der Waals surface area contributed by atoms with Crippen LogP contribution in [0.4, 0.5) is 5.82 Å². The first kappa shape index (κ1) is 18.7. The summed E-state index contributed by atoms with van der Waals surface area (Å²) in [6.07, 6.45) is 1.52. The van der Waals surface area contributed by atoms with E-state index in [1.165, 1.54) is 6.21 Å². The van der Waals surface area contributed by atoms with Crippen molar-refractivity contribution >= 4 is 39.7 Å². The topological polar surface area (TPSA) is 84.9 Å². The number of aliphatic imine (C=N–C) groups is 1. The molecular weight excluding hydrogens is 368 g/mol. The van der Waals surface area contributed by atoms with E-state index >= 15 is 0 Å². The molecule has 2 aromatic heterocycles. The Labute approximate surface area is 167 Å². The molecule has 6 nitrogen and oxygen atoms in total. The molecule has 0 aliphatic heterocycles. The number of aromatic nitrogens is 1. The van der Waals surface area contributed by atoms with Crippen LogP contribution in [-0.4, -0.2) is 28.9 Å². The SMILES string of the molecule is CCOC(=O)c1c(C)oc2c1c(/C=N/c1cccc(C)n1)c(O)c1ccccc12. The Balaban J connectivity index is 2.04. The largest absolute Gasteiger partial charge is 0.507 e. The van der Waals surface area contributed by atoms with Gasteiger partial charge in [0, 0.05) is 33.6 Å². The third-order valence-corrected chi connectivity index (χ3v) is 4.71. The molecule has 29 heavy (non-hydrogen) atoms. The number of carbonyl (C=O) groups excluding carboxylic acids is 1. The Morgan fingerprint density at radius 2 is 1.93 bits per heavy atom. The summed E-state index contributed by atoms with van der Waals surface area (Å²) in [5, 5.41) is 12.8. The van der Waals surface area contributed by atoms with Gasteiger partial charge < -0.3 is 14.3 Å². The number of furan rings is 1. The minimum atomic E-state index is -0.498. The Kier molecular flexibility index (Phi) is 4.76. The van der Waals surface area contributed by atoms with Crippen LogP contribution in [0.3, 0.4) is 0 Å². The fraction of sp³-hybridized carbons (Fsp3) is 0.174. The molecule has 146 valence electrons. The van der Waals surface area contributed by atoms with E-state index in [4.69, 9.17) is 9.15 Å². The van der Waals surface area contributed by atoms with Gasteiger partial charge >= 0.3 is 5.97 Å². The second-order valence-corrected chi connectivity index (χ2v) is 6.66. The number of esters is 1. The minimum Gasteiger partial charge on any atom is -0.507 e. The summed E-state index contributed by atoms with van der Waals surface area (Å²) in [5.74, 6) is 0.457. The summed E-state index contributed by atoms with van der Waals surface area (Å²) in [6.45, 7) is 5.57. The number of phenolic OH excluding ortho intramolecular Hbond substituents is 1. The number of benzene rings is 2. The maximum atomic E-state index is 12.6. The van der Waals surface area contributed by atoms with Gasteiger partial charge in [-0.2, -0.15) is 0 Å². The maximum absolute atomic E-state index is 12.6. The van der Waals surface area contributed by atoms with Crippen molar-refractivity contribution in [1.82, 2.24) is 4.98 Å². The monoisotopic (exact) mass is 388 g/mol. The summed E-state index contributed by atoms with van der Waals surface area (Å²) in [7, 11) is 0. The van der Waals surface area contributed by atoms with Crippen LogP contribution in [0.2, 0.25) is 0 Å². The van der Waals surface area contributed by atoms with Crippen LogP contribution in [0.25, 0.3) is 21.7 Å². The van der Waals surface area contributed by atoms with E-state index in [1.807, 2.05) is 37.3 Å². The van der Waals surface area contributed by atoms with Gasteiger partial charge in [-0.1, -0.05) is 30.3 Å². The zero-order valence-corrected chi connectivity index (χ0v) is 16.4. The number of fused-ring (bicyclic) bond motifs is 3. The molecule has 0 spiro atoms. The molecule has 2 aromatic carbocycles. The predicted molar refractivity (Wildman–Crippen MR) is 112 cm³/mol. The van der Waals surface area contributed by atoms with Gasteiger partial charge in [-0.15, -0.1) is 0 Å². The van der Waals surface area contributed by atoms with E-state index in [0.29, 0.717) is 44.4 Å².